The highest BCUT2D eigenvalue weighted by molar-refractivity contribution is 5.82. The number of nitrogens with one attached hydrogen (secondary N) is 2. The lowest BCUT2D eigenvalue weighted by atomic mass is 10.1. The van der Waals surface area contributed by atoms with Crippen molar-refractivity contribution in [3.05, 3.63) is 18.0 Å². The molecule has 0 bridgehead atoms. The first-order valence-corrected chi connectivity index (χ1v) is 5.50. The van der Waals surface area contributed by atoms with Gasteiger partial charge in [-0.2, -0.15) is 5.10 Å². The number of H-pyrrole nitrogens is 1. The number of nitrogens with two attached hydrogens (primary N) is 1. The van der Waals surface area contributed by atoms with Crippen LogP contribution in [0, 0.1) is 0 Å². The monoisotopic (exact) mass is 223 g/mol. The lowest BCUT2D eigenvalue weighted by Crippen LogP contribution is -2.52. The summed E-state index contributed by atoms with van der Waals surface area (Å²) in [4.78, 5) is 13.8. The van der Waals surface area contributed by atoms with E-state index in [-0.39, 0.29) is 5.91 Å². The van der Waals surface area contributed by atoms with Crippen molar-refractivity contribution in [2.24, 2.45) is 5.73 Å². The van der Waals surface area contributed by atoms with Crippen LogP contribution in [-0.4, -0.2) is 53.2 Å². The molecule has 1 atom stereocenters. The summed E-state index contributed by atoms with van der Waals surface area (Å²) in [6, 6.07) is 1.36. The van der Waals surface area contributed by atoms with Gasteiger partial charge in [0.2, 0.25) is 5.91 Å². The van der Waals surface area contributed by atoms with Crippen LogP contribution < -0.4 is 11.1 Å². The molecule has 88 valence electrons. The second-order valence-corrected chi connectivity index (χ2v) is 3.97. The lowest BCUT2D eigenvalue weighted by molar-refractivity contribution is -0.133. The molecule has 2 rings (SSSR count). The minimum Gasteiger partial charge on any atom is -0.339 e. The number of carbonyl (C=O) groups is 1. The molecule has 16 heavy (non-hydrogen) atoms. The summed E-state index contributed by atoms with van der Waals surface area (Å²) in [7, 11) is 0. The molecule has 4 N–H and O–H groups in total. The number of nitrogens with zero attached hydrogens (tertiary/aromatic N) is 2. The molecule has 1 unspecified atom stereocenters. The fourth-order valence-electron chi connectivity index (χ4n) is 1.84. The van der Waals surface area contributed by atoms with E-state index in [4.69, 9.17) is 5.73 Å². The van der Waals surface area contributed by atoms with Gasteiger partial charge in [-0.3, -0.25) is 9.89 Å². The van der Waals surface area contributed by atoms with E-state index in [1.807, 2.05) is 11.0 Å². The Morgan fingerprint density at radius 1 is 1.56 bits per heavy atom. The number of aromatic amines is 1. The first-order chi connectivity index (χ1) is 7.77. The van der Waals surface area contributed by atoms with E-state index in [1.165, 1.54) is 0 Å². The van der Waals surface area contributed by atoms with E-state index in [2.05, 4.69) is 15.5 Å². The number of aromatic nitrogens is 2. The van der Waals surface area contributed by atoms with Crippen LogP contribution >= 0.6 is 0 Å². The number of hydrogen-bond donors (Lipinski definition) is 3. The highest BCUT2D eigenvalue weighted by Crippen LogP contribution is 2.02. The molecule has 0 spiro atoms. The maximum absolute atomic E-state index is 12.0. The largest absolute Gasteiger partial charge is 0.339 e. The van der Waals surface area contributed by atoms with E-state index in [9.17, 15) is 4.79 Å². The minimum atomic E-state index is -0.474. The van der Waals surface area contributed by atoms with Crippen LogP contribution in [-0.2, 0) is 11.2 Å². The molecule has 6 heteroatoms. The fraction of sp³-hybridized carbons (Fsp3) is 0.600. The maximum atomic E-state index is 12.0. The van der Waals surface area contributed by atoms with E-state index in [1.54, 1.807) is 6.20 Å². The van der Waals surface area contributed by atoms with Crippen molar-refractivity contribution in [2.75, 3.05) is 26.2 Å². The van der Waals surface area contributed by atoms with Crippen molar-refractivity contribution in [1.82, 2.24) is 20.4 Å². The average molecular weight is 223 g/mol. The quantitative estimate of drug-likeness (QED) is 0.595. The van der Waals surface area contributed by atoms with Crippen molar-refractivity contribution < 1.29 is 4.79 Å². The van der Waals surface area contributed by atoms with Crippen molar-refractivity contribution in [1.29, 1.82) is 0 Å². The number of piperazine rings is 1. The first kappa shape index (κ1) is 11.1. The molecule has 0 aliphatic carbocycles. The summed E-state index contributed by atoms with van der Waals surface area (Å²) >= 11 is 0. The summed E-state index contributed by atoms with van der Waals surface area (Å²) in [6.45, 7) is 3.19. The van der Waals surface area contributed by atoms with Gasteiger partial charge in [0.05, 0.1) is 6.04 Å². The third kappa shape index (κ3) is 2.59. The summed E-state index contributed by atoms with van der Waals surface area (Å²) in [5.41, 5.74) is 6.78. The zero-order valence-electron chi connectivity index (χ0n) is 9.15. The third-order valence-corrected chi connectivity index (χ3v) is 2.74. The molecule has 6 nitrogen and oxygen atoms in total. The molecule has 1 fully saturated rings. The molecule has 1 saturated heterocycles. The molecule has 0 radical (unpaired) electrons. The lowest BCUT2D eigenvalue weighted by Gasteiger charge is -2.29. The molecule has 2 heterocycles. The summed E-state index contributed by atoms with van der Waals surface area (Å²) in [5, 5.41) is 9.85. The second kappa shape index (κ2) is 5.09. The highest BCUT2D eigenvalue weighted by atomic mass is 16.2. The highest BCUT2D eigenvalue weighted by Gasteiger charge is 2.22. The Labute approximate surface area is 94.2 Å². The van der Waals surface area contributed by atoms with Gasteiger partial charge < -0.3 is 16.0 Å². The zero-order valence-corrected chi connectivity index (χ0v) is 9.15. The standard InChI is InChI=1S/C10H17N5O/c11-9(7-8-1-2-13-14-8)10(16)15-5-3-12-4-6-15/h1-2,9,12H,3-7,11H2,(H,13,14). The van der Waals surface area contributed by atoms with Crippen molar-refractivity contribution >= 4 is 5.91 Å². The molecule has 1 aromatic rings. The van der Waals surface area contributed by atoms with Gasteiger partial charge >= 0.3 is 0 Å². The smallest absolute Gasteiger partial charge is 0.239 e. The van der Waals surface area contributed by atoms with Crippen molar-refractivity contribution in [3.63, 3.8) is 0 Å². The van der Waals surface area contributed by atoms with Gasteiger partial charge in [0.1, 0.15) is 0 Å². The average Bonchev–Trinajstić information content (AvgIpc) is 2.82. The Balaban J connectivity index is 1.88. The van der Waals surface area contributed by atoms with E-state index < -0.39 is 6.04 Å². The zero-order chi connectivity index (χ0) is 11.4. The number of amides is 1. The van der Waals surface area contributed by atoms with Gasteiger partial charge in [-0.15, -0.1) is 0 Å². The Bertz CT molecular complexity index is 331. The third-order valence-electron chi connectivity index (χ3n) is 2.74. The van der Waals surface area contributed by atoms with Crippen LogP contribution in [0.15, 0.2) is 12.3 Å². The van der Waals surface area contributed by atoms with Gasteiger partial charge in [0.25, 0.3) is 0 Å². The number of hydrogen-bond acceptors (Lipinski definition) is 4. The SMILES string of the molecule is NC(Cc1ccn[nH]1)C(=O)N1CCNCC1. The Morgan fingerprint density at radius 2 is 2.31 bits per heavy atom. The van der Waals surface area contributed by atoms with Crippen LogP contribution in [0.1, 0.15) is 5.69 Å². The molecule has 1 aliphatic heterocycles. The molecular formula is C10H17N5O. The first-order valence-electron chi connectivity index (χ1n) is 5.50. The van der Waals surface area contributed by atoms with Crippen LogP contribution in [0.4, 0.5) is 0 Å². The van der Waals surface area contributed by atoms with Crippen molar-refractivity contribution in [3.8, 4) is 0 Å². The fourth-order valence-corrected chi connectivity index (χ4v) is 1.84. The van der Waals surface area contributed by atoms with Crippen LogP contribution in [0.3, 0.4) is 0 Å². The molecule has 1 aromatic heterocycles. The van der Waals surface area contributed by atoms with E-state index in [0.29, 0.717) is 6.42 Å². The second-order valence-electron chi connectivity index (χ2n) is 3.97. The van der Waals surface area contributed by atoms with Gasteiger partial charge in [-0.25, -0.2) is 0 Å². The van der Waals surface area contributed by atoms with Crippen LogP contribution in [0.5, 0.6) is 0 Å². The Hall–Kier alpha value is -1.40. The summed E-state index contributed by atoms with van der Waals surface area (Å²) < 4.78 is 0. The number of carbonyl (C=O) groups excluding carboxylic acids is 1. The van der Waals surface area contributed by atoms with Gasteiger partial charge in [0.15, 0.2) is 0 Å². The van der Waals surface area contributed by atoms with E-state index >= 15 is 0 Å². The topological polar surface area (TPSA) is 87.0 Å². The normalized spacial score (nSPS) is 18.4. The molecule has 0 aromatic carbocycles. The Morgan fingerprint density at radius 3 is 2.94 bits per heavy atom. The Kier molecular flexibility index (Phi) is 3.53. The van der Waals surface area contributed by atoms with E-state index in [0.717, 1.165) is 31.9 Å². The number of rotatable bonds is 3. The molecule has 1 aliphatic rings. The molecule has 1 amide bonds. The molecular weight excluding hydrogens is 206 g/mol. The summed E-state index contributed by atoms with van der Waals surface area (Å²) in [5.74, 6) is 0.0242. The van der Waals surface area contributed by atoms with Crippen LogP contribution in [0.2, 0.25) is 0 Å². The van der Waals surface area contributed by atoms with Crippen molar-refractivity contribution in [2.45, 2.75) is 12.5 Å². The predicted molar refractivity (Wildman–Crippen MR) is 59.7 cm³/mol. The summed E-state index contributed by atoms with van der Waals surface area (Å²) in [6.07, 6.45) is 2.18. The molecule has 0 saturated carbocycles. The van der Waals surface area contributed by atoms with Gasteiger partial charge in [-0.05, 0) is 6.07 Å². The van der Waals surface area contributed by atoms with Crippen LogP contribution in [0.25, 0.3) is 0 Å². The minimum absolute atomic E-state index is 0.0242. The van der Waals surface area contributed by atoms with Gasteiger partial charge in [-0.1, -0.05) is 0 Å². The maximum Gasteiger partial charge on any atom is 0.239 e. The van der Waals surface area contributed by atoms with Gasteiger partial charge in [0, 0.05) is 44.5 Å². The predicted octanol–water partition coefficient (Wildman–Crippen LogP) is -1.29.